The minimum Gasteiger partial charge on any atom is -0.301 e. The van der Waals surface area contributed by atoms with Crippen molar-refractivity contribution in [1.29, 1.82) is 0 Å². The molecule has 1 rings (SSSR count). The van der Waals surface area contributed by atoms with Crippen molar-refractivity contribution in [1.82, 2.24) is 9.78 Å². The fourth-order valence-electron chi connectivity index (χ4n) is 0.732. The smallest absolute Gasteiger partial charge is 0.267 e. The van der Waals surface area contributed by atoms with Crippen LogP contribution in [0, 0.1) is 6.92 Å². The molecule has 0 atom stereocenters. The molecule has 0 aliphatic heterocycles. The Morgan fingerprint density at radius 3 is 3.00 bits per heavy atom. The summed E-state index contributed by atoms with van der Waals surface area (Å²) in [5, 5.41) is 3.74. The average molecular weight is 152 g/mol. The molecule has 0 saturated heterocycles. The maximum Gasteiger partial charge on any atom is 0.267 e. The number of aldehydes is 1. The highest BCUT2D eigenvalue weighted by atomic mass is 16.1. The third-order valence-corrected chi connectivity index (χ3v) is 1.25. The molecule has 0 bridgehead atoms. The fraction of sp³-hybridized carbons (Fsp3) is 0.286. The molecule has 4 heteroatoms. The van der Waals surface area contributed by atoms with Gasteiger partial charge in [0.25, 0.3) is 5.56 Å². The van der Waals surface area contributed by atoms with Crippen molar-refractivity contribution < 1.29 is 4.79 Å². The van der Waals surface area contributed by atoms with E-state index in [4.69, 9.17) is 0 Å². The van der Waals surface area contributed by atoms with Crippen LogP contribution >= 0.6 is 0 Å². The first kappa shape index (κ1) is 7.65. The second-order valence-electron chi connectivity index (χ2n) is 2.22. The van der Waals surface area contributed by atoms with Crippen LogP contribution in [0.5, 0.6) is 0 Å². The molecule has 0 fully saturated rings. The van der Waals surface area contributed by atoms with Gasteiger partial charge in [-0.1, -0.05) is 0 Å². The van der Waals surface area contributed by atoms with Gasteiger partial charge in [0.1, 0.15) is 12.8 Å². The van der Waals surface area contributed by atoms with Gasteiger partial charge in [-0.3, -0.25) is 4.79 Å². The van der Waals surface area contributed by atoms with E-state index in [0.29, 0.717) is 6.29 Å². The maximum absolute atomic E-state index is 11.0. The summed E-state index contributed by atoms with van der Waals surface area (Å²) in [6, 6.07) is 1.44. The van der Waals surface area contributed by atoms with Gasteiger partial charge in [-0.05, 0) is 12.5 Å². The number of aryl methyl sites for hydroxylation is 1. The third-order valence-electron chi connectivity index (χ3n) is 1.25. The van der Waals surface area contributed by atoms with Crippen molar-refractivity contribution in [3.8, 4) is 0 Å². The van der Waals surface area contributed by atoms with Gasteiger partial charge in [-0.25, -0.2) is 4.68 Å². The Kier molecular flexibility index (Phi) is 2.15. The minimum absolute atomic E-state index is 0.0269. The molecule has 1 aromatic rings. The Morgan fingerprint density at radius 2 is 2.45 bits per heavy atom. The molecule has 0 N–H and O–H groups in total. The predicted octanol–water partition coefficient (Wildman–Crippen LogP) is -0.249. The first-order chi connectivity index (χ1) is 5.24. The molecule has 0 unspecified atom stereocenters. The zero-order chi connectivity index (χ0) is 8.27. The van der Waals surface area contributed by atoms with E-state index in [0.717, 1.165) is 10.2 Å². The molecule has 0 aliphatic rings. The van der Waals surface area contributed by atoms with E-state index in [1.165, 1.54) is 6.07 Å². The lowest BCUT2D eigenvalue weighted by Crippen LogP contribution is -2.22. The van der Waals surface area contributed by atoms with E-state index in [1.807, 2.05) is 0 Å². The lowest BCUT2D eigenvalue weighted by Gasteiger charge is -1.97. The van der Waals surface area contributed by atoms with Gasteiger partial charge in [-0.2, -0.15) is 5.10 Å². The van der Waals surface area contributed by atoms with Gasteiger partial charge in [0.2, 0.25) is 0 Å². The van der Waals surface area contributed by atoms with Crippen molar-refractivity contribution in [2.75, 3.05) is 0 Å². The number of rotatable bonds is 2. The van der Waals surface area contributed by atoms with Gasteiger partial charge in [0.05, 0.1) is 6.20 Å². The molecular weight excluding hydrogens is 144 g/mol. The molecule has 11 heavy (non-hydrogen) atoms. The molecular formula is C7H8N2O2. The molecule has 0 spiro atoms. The van der Waals surface area contributed by atoms with Crippen LogP contribution in [0.3, 0.4) is 0 Å². The maximum atomic E-state index is 11.0. The van der Waals surface area contributed by atoms with E-state index >= 15 is 0 Å². The van der Waals surface area contributed by atoms with E-state index in [2.05, 4.69) is 5.10 Å². The summed E-state index contributed by atoms with van der Waals surface area (Å²) >= 11 is 0. The van der Waals surface area contributed by atoms with Crippen LogP contribution in [0.4, 0.5) is 0 Å². The summed E-state index contributed by atoms with van der Waals surface area (Å²) in [6.45, 7) is 1.80. The summed E-state index contributed by atoms with van der Waals surface area (Å²) in [7, 11) is 0. The molecule has 1 aromatic heterocycles. The van der Waals surface area contributed by atoms with Crippen LogP contribution in [-0.2, 0) is 11.3 Å². The van der Waals surface area contributed by atoms with Crippen LogP contribution < -0.4 is 5.56 Å². The van der Waals surface area contributed by atoms with Gasteiger partial charge in [-0.15, -0.1) is 0 Å². The van der Waals surface area contributed by atoms with Crippen LogP contribution in [0.25, 0.3) is 0 Å². The van der Waals surface area contributed by atoms with Crippen LogP contribution in [0.1, 0.15) is 5.56 Å². The number of nitrogens with zero attached hydrogens (tertiary/aromatic N) is 2. The molecule has 4 nitrogen and oxygen atoms in total. The number of carbonyl (C=O) groups excluding carboxylic acids is 1. The van der Waals surface area contributed by atoms with Crippen LogP contribution in [0.2, 0.25) is 0 Å². The van der Waals surface area contributed by atoms with Gasteiger partial charge in [0, 0.05) is 6.07 Å². The molecule has 1 heterocycles. The minimum atomic E-state index is -0.239. The van der Waals surface area contributed by atoms with Crippen molar-refractivity contribution in [2.45, 2.75) is 13.5 Å². The zero-order valence-corrected chi connectivity index (χ0v) is 6.15. The summed E-state index contributed by atoms with van der Waals surface area (Å²) in [5.41, 5.74) is 0.564. The Hall–Kier alpha value is -1.45. The highest BCUT2D eigenvalue weighted by molar-refractivity contribution is 5.48. The molecule has 0 amide bonds. The lowest BCUT2D eigenvalue weighted by atomic mass is 10.3. The standard InChI is InChI=1S/C7H8N2O2/c1-6-4-7(11)9(2-3-10)8-5-6/h3-5H,2H2,1H3. The number of aromatic nitrogens is 2. The lowest BCUT2D eigenvalue weighted by molar-refractivity contribution is -0.108. The molecule has 0 saturated carbocycles. The highest BCUT2D eigenvalue weighted by Gasteiger charge is 1.94. The normalized spacial score (nSPS) is 9.55. The fourth-order valence-corrected chi connectivity index (χ4v) is 0.732. The zero-order valence-electron chi connectivity index (χ0n) is 6.15. The van der Waals surface area contributed by atoms with Gasteiger partial charge >= 0.3 is 0 Å². The molecule has 58 valence electrons. The molecule has 0 radical (unpaired) electrons. The van der Waals surface area contributed by atoms with Crippen LogP contribution in [-0.4, -0.2) is 16.1 Å². The second-order valence-corrected chi connectivity index (χ2v) is 2.22. The van der Waals surface area contributed by atoms with E-state index < -0.39 is 0 Å². The summed E-state index contributed by atoms with van der Waals surface area (Å²) in [4.78, 5) is 21.0. The summed E-state index contributed by atoms with van der Waals surface area (Å²) in [6.07, 6.45) is 2.19. The monoisotopic (exact) mass is 152 g/mol. The van der Waals surface area contributed by atoms with E-state index in [-0.39, 0.29) is 12.1 Å². The third kappa shape index (κ3) is 1.73. The van der Waals surface area contributed by atoms with Crippen LogP contribution in [0.15, 0.2) is 17.1 Å². The molecule has 0 aromatic carbocycles. The van der Waals surface area contributed by atoms with Crippen molar-refractivity contribution >= 4 is 6.29 Å². The Bertz CT molecular complexity index is 316. The first-order valence-electron chi connectivity index (χ1n) is 3.21. The SMILES string of the molecule is Cc1cnn(CC=O)c(=O)c1. The highest BCUT2D eigenvalue weighted by Crippen LogP contribution is 1.84. The largest absolute Gasteiger partial charge is 0.301 e. The quantitative estimate of drug-likeness (QED) is 0.549. The molecule has 0 aliphatic carbocycles. The van der Waals surface area contributed by atoms with Crippen molar-refractivity contribution in [3.05, 3.63) is 28.2 Å². The first-order valence-corrected chi connectivity index (χ1v) is 3.21. The second kappa shape index (κ2) is 3.09. The van der Waals surface area contributed by atoms with Gasteiger partial charge < -0.3 is 4.79 Å². The van der Waals surface area contributed by atoms with Crippen molar-refractivity contribution in [3.63, 3.8) is 0 Å². The number of hydrogen-bond acceptors (Lipinski definition) is 3. The summed E-state index contributed by atoms with van der Waals surface area (Å²) < 4.78 is 1.11. The van der Waals surface area contributed by atoms with Crippen molar-refractivity contribution in [2.24, 2.45) is 0 Å². The number of carbonyl (C=O) groups is 1. The Labute approximate surface area is 63.5 Å². The van der Waals surface area contributed by atoms with E-state index in [1.54, 1.807) is 13.1 Å². The Balaban J connectivity index is 3.09. The van der Waals surface area contributed by atoms with E-state index in [9.17, 15) is 9.59 Å². The topological polar surface area (TPSA) is 52.0 Å². The average Bonchev–Trinajstić information content (AvgIpc) is 1.95. The Morgan fingerprint density at radius 1 is 1.73 bits per heavy atom. The van der Waals surface area contributed by atoms with Gasteiger partial charge in [0.15, 0.2) is 0 Å². The predicted molar refractivity (Wildman–Crippen MR) is 39.3 cm³/mol. The number of hydrogen-bond donors (Lipinski definition) is 0. The summed E-state index contributed by atoms with van der Waals surface area (Å²) in [5.74, 6) is 0.